The zero-order valence-electron chi connectivity index (χ0n) is 14.8. The average molecular weight is 362 g/mol. The number of nitrogens with zero attached hydrogens (tertiary/aromatic N) is 1. The molecule has 1 fully saturated rings. The number of aliphatic carboxylic acids is 1. The zero-order valence-corrected chi connectivity index (χ0v) is 14.8. The van der Waals surface area contributed by atoms with E-state index in [-0.39, 0.29) is 25.0 Å². The van der Waals surface area contributed by atoms with Crippen molar-refractivity contribution in [3.05, 3.63) is 23.8 Å². The Labute approximate surface area is 151 Å². The molecule has 2 amide bonds. The van der Waals surface area contributed by atoms with Gasteiger partial charge in [-0.2, -0.15) is 0 Å². The predicted molar refractivity (Wildman–Crippen MR) is 92.2 cm³/mol. The molecule has 1 aromatic carbocycles. The number of anilines is 1. The van der Waals surface area contributed by atoms with E-state index in [0.717, 1.165) is 0 Å². The van der Waals surface area contributed by atoms with E-state index in [9.17, 15) is 19.5 Å². The summed E-state index contributed by atoms with van der Waals surface area (Å²) in [6, 6.07) is 4.95. The first-order valence-electron chi connectivity index (χ1n) is 8.50. The first-order chi connectivity index (χ1) is 12.4. The molecule has 2 aliphatic rings. The molecular formula is C18H22N2O6. The van der Waals surface area contributed by atoms with E-state index in [1.807, 2.05) is 0 Å². The molecule has 26 heavy (non-hydrogen) atoms. The Morgan fingerprint density at radius 1 is 1.46 bits per heavy atom. The molecule has 8 heteroatoms. The number of rotatable bonds is 4. The molecule has 2 atom stereocenters. The number of hydrogen-bond donors (Lipinski definition) is 2. The number of ether oxygens (including phenoxy) is 2. The molecule has 0 aromatic heterocycles. The molecule has 0 aliphatic carbocycles. The van der Waals surface area contributed by atoms with Crippen LogP contribution in [0.25, 0.3) is 0 Å². The van der Waals surface area contributed by atoms with Gasteiger partial charge in [0.15, 0.2) is 11.9 Å². The molecule has 1 saturated heterocycles. The fourth-order valence-electron chi connectivity index (χ4n) is 3.50. The second kappa shape index (κ2) is 6.95. The maximum absolute atomic E-state index is 13.1. The molecular weight excluding hydrogens is 340 g/mol. The fraction of sp³-hybridized carbons (Fsp3) is 0.500. The van der Waals surface area contributed by atoms with E-state index in [1.54, 1.807) is 25.1 Å². The largest absolute Gasteiger partial charge is 0.481 e. The molecule has 2 unspecified atom stereocenters. The van der Waals surface area contributed by atoms with Crippen molar-refractivity contribution in [3.63, 3.8) is 0 Å². The van der Waals surface area contributed by atoms with Crippen LogP contribution in [-0.2, 0) is 14.3 Å². The minimum Gasteiger partial charge on any atom is -0.481 e. The van der Waals surface area contributed by atoms with E-state index in [0.29, 0.717) is 36.4 Å². The number of benzene rings is 1. The van der Waals surface area contributed by atoms with Crippen LogP contribution in [0.2, 0.25) is 0 Å². The molecule has 3 rings (SSSR count). The lowest BCUT2D eigenvalue weighted by molar-refractivity contribution is -0.155. The minimum atomic E-state index is -1.11. The lowest BCUT2D eigenvalue weighted by atomic mass is 9.80. The van der Waals surface area contributed by atoms with Gasteiger partial charge in [-0.15, -0.1) is 0 Å². The third-order valence-electron chi connectivity index (χ3n) is 4.91. The van der Waals surface area contributed by atoms with Gasteiger partial charge in [0, 0.05) is 20.2 Å². The Bertz CT molecular complexity index is 745. The summed E-state index contributed by atoms with van der Waals surface area (Å²) >= 11 is 0. The highest BCUT2D eigenvalue weighted by Crippen LogP contribution is 2.36. The third-order valence-corrected chi connectivity index (χ3v) is 4.91. The summed E-state index contributed by atoms with van der Waals surface area (Å²) in [5.41, 5.74) is -0.356. The van der Waals surface area contributed by atoms with Gasteiger partial charge < -0.3 is 24.8 Å². The van der Waals surface area contributed by atoms with Crippen LogP contribution in [0.3, 0.4) is 0 Å². The molecule has 0 bridgehead atoms. The number of fused-ring (bicyclic) bond motifs is 1. The second-order valence-electron chi connectivity index (χ2n) is 6.78. The van der Waals surface area contributed by atoms with Crippen LogP contribution in [0.15, 0.2) is 18.2 Å². The summed E-state index contributed by atoms with van der Waals surface area (Å²) in [6.45, 7) is 2.18. The number of nitrogens with one attached hydrogen (secondary N) is 1. The van der Waals surface area contributed by atoms with Gasteiger partial charge in [-0.05, 0) is 31.9 Å². The molecule has 2 heterocycles. The topological polar surface area (TPSA) is 105 Å². The fourth-order valence-corrected chi connectivity index (χ4v) is 3.50. The molecule has 140 valence electrons. The van der Waals surface area contributed by atoms with E-state index in [4.69, 9.17) is 9.47 Å². The van der Waals surface area contributed by atoms with Crippen LogP contribution < -0.4 is 10.1 Å². The summed E-state index contributed by atoms with van der Waals surface area (Å²) < 4.78 is 10.7. The Balaban J connectivity index is 1.89. The van der Waals surface area contributed by atoms with Gasteiger partial charge in [0.2, 0.25) is 0 Å². The predicted octanol–water partition coefficient (Wildman–Crippen LogP) is 1.36. The van der Waals surface area contributed by atoms with Crippen molar-refractivity contribution in [1.82, 2.24) is 4.90 Å². The number of piperidine rings is 1. The van der Waals surface area contributed by atoms with Crippen LogP contribution in [0.4, 0.5) is 5.69 Å². The summed E-state index contributed by atoms with van der Waals surface area (Å²) in [6.07, 6.45) is 0.324. The highest BCUT2D eigenvalue weighted by molar-refractivity contribution is 6.04. The molecule has 8 nitrogen and oxygen atoms in total. The van der Waals surface area contributed by atoms with Gasteiger partial charge in [0.25, 0.3) is 11.8 Å². The van der Waals surface area contributed by atoms with Gasteiger partial charge in [-0.1, -0.05) is 6.07 Å². The SMILES string of the molecule is COCC1(C(=O)O)CCCN(C(=O)c2cccc3c2OC(C)C(=O)N3)C1. The average Bonchev–Trinajstić information content (AvgIpc) is 2.62. The first kappa shape index (κ1) is 18.2. The number of hydrogen-bond acceptors (Lipinski definition) is 5. The van der Waals surface area contributed by atoms with Crippen molar-refractivity contribution in [2.45, 2.75) is 25.9 Å². The Morgan fingerprint density at radius 3 is 2.92 bits per heavy atom. The van der Waals surface area contributed by atoms with E-state index in [2.05, 4.69) is 5.32 Å². The number of carbonyl (C=O) groups excluding carboxylic acids is 2. The quantitative estimate of drug-likeness (QED) is 0.838. The maximum atomic E-state index is 13.1. The Kier molecular flexibility index (Phi) is 4.86. The monoisotopic (exact) mass is 362 g/mol. The van der Waals surface area contributed by atoms with Crippen molar-refractivity contribution in [2.75, 3.05) is 32.1 Å². The summed E-state index contributed by atoms with van der Waals surface area (Å²) in [4.78, 5) is 38.2. The zero-order chi connectivity index (χ0) is 18.9. The van der Waals surface area contributed by atoms with Crippen molar-refractivity contribution >= 4 is 23.5 Å². The van der Waals surface area contributed by atoms with E-state index < -0.39 is 17.5 Å². The number of carboxylic acid groups (broad SMARTS) is 1. The van der Waals surface area contributed by atoms with Gasteiger partial charge in [0.1, 0.15) is 5.41 Å². The highest BCUT2D eigenvalue weighted by Gasteiger charge is 2.44. The number of para-hydroxylation sites is 1. The maximum Gasteiger partial charge on any atom is 0.313 e. The van der Waals surface area contributed by atoms with Crippen molar-refractivity contribution in [1.29, 1.82) is 0 Å². The van der Waals surface area contributed by atoms with Gasteiger partial charge in [-0.3, -0.25) is 14.4 Å². The molecule has 0 radical (unpaired) electrons. The van der Waals surface area contributed by atoms with Crippen molar-refractivity contribution in [3.8, 4) is 5.75 Å². The van der Waals surface area contributed by atoms with Crippen LogP contribution in [0, 0.1) is 5.41 Å². The minimum absolute atomic E-state index is 0.0442. The molecule has 0 spiro atoms. The first-order valence-corrected chi connectivity index (χ1v) is 8.50. The summed E-state index contributed by atoms with van der Waals surface area (Å²) in [5.74, 6) is -1.23. The van der Waals surface area contributed by atoms with Crippen molar-refractivity contribution in [2.24, 2.45) is 5.41 Å². The van der Waals surface area contributed by atoms with Crippen LogP contribution in [0.5, 0.6) is 5.75 Å². The smallest absolute Gasteiger partial charge is 0.313 e. The third kappa shape index (κ3) is 3.12. The number of carboxylic acids is 1. The van der Waals surface area contributed by atoms with Gasteiger partial charge in [0.05, 0.1) is 17.9 Å². The molecule has 2 aliphatic heterocycles. The van der Waals surface area contributed by atoms with E-state index in [1.165, 1.54) is 12.0 Å². The van der Waals surface area contributed by atoms with Gasteiger partial charge in [-0.25, -0.2) is 0 Å². The van der Waals surface area contributed by atoms with E-state index >= 15 is 0 Å². The number of carbonyl (C=O) groups is 3. The number of methoxy groups -OCH3 is 1. The molecule has 2 N–H and O–H groups in total. The normalized spacial score (nSPS) is 25.1. The Morgan fingerprint density at radius 2 is 2.23 bits per heavy atom. The summed E-state index contributed by atoms with van der Waals surface area (Å²) in [5, 5.41) is 12.4. The molecule has 1 aromatic rings. The van der Waals surface area contributed by atoms with Crippen LogP contribution in [0.1, 0.15) is 30.1 Å². The summed E-state index contributed by atoms with van der Waals surface area (Å²) in [7, 11) is 1.46. The highest BCUT2D eigenvalue weighted by atomic mass is 16.5. The lowest BCUT2D eigenvalue weighted by Crippen LogP contribution is -2.52. The van der Waals surface area contributed by atoms with Gasteiger partial charge >= 0.3 is 5.97 Å². The standard InChI is InChI=1S/C18H22N2O6/c1-11-15(21)19-13-6-3-5-12(14(13)26-11)16(22)20-8-4-7-18(9-20,10-25-2)17(23)24/h3,5-6,11H,4,7-10H2,1-2H3,(H,19,21)(H,23,24). The lowest BCUT2D eigenvalue weighted by Gasteiger charge is -2.39. The Hall–Kier alpha value is -2.61. The molecule has 0 saturated carbocycles. The van der Waals surface area contributed by atoms with Crippen molar-refractivity contribution < 1.29 is 29.0 Å². The van der Waals surface area contributed by atoms with Crippen LogP contribution in [-0.4, -0.2) is 60.7 Å². The number of amides is 2. The van der Waals surface area contributed by atoms with Crippen LogP contribution >= 0.6 is 0 Å². The second-order valence-corrected chi connectivity index (χ2v) is 6.78. The number of likely N-dealkylation sites (tertiary alicyclic amines) is 1.